The predicted molar refractivity (Wildman–Crippen MR) is 122 cm³/mol. The van der Waals surface area contributed by atoms with Crippen molar-refractivity contribution in [3.05, 3.63) is 59.3 Å². The quantitative estimate of drug-likeness (QED) is 0.322. The van der Waals surface area contributed by atoms with E-state index in [9.17, 15) is 4.79 Å². The third kappa shape index (κ3) is 8.38. The van der Waals surface area contributed by atoms with E-state index in [1.807, 2.05) is 38.1 Å². The Morgan fingerprint density at radius 1 is 1.07 bits per heavy atom. The zero-order chi connectivity index (χ0) is 18.8. The molecule has 27 heavy (non-hydrogen) atoms. The van der Waals surface area contributed by atoms with E-state index in [0.29, 0.717) is 31.3 Å². The Morgan fingerprint density at radius 2 is 1.85 bits per heavy atom. The summed E-state index contributed by atoms with van der Waals surface area (Å²) in [6.45, 7) is 7.85. The molecule has 0 aliphatic rings. The molecule has 0 aliphatic carbocycles. The molecule has 6 nitrogen and oxygen atoms in total. The van der Waals surface area contributed by atoms with Crippen molar-refractivity contribution in [1.82, 2.24) is 15.6 Å². The van der Waals surface area contributed by atoms with Gasteiger partial charge < -0.3 is 16.0 Å². The van der Waals surface area contributed by atoms with Gasteiger partial charge in [-0.15, -0.1) is 24.0 Å². The van der Waals surface area contributed by atoms with Crippen molar-refractivity contribution in [1.29, 1.82) is 0 Å². The molecule has 0 aliphatic heterocycles. The molecule has 3 N–H and O–H groups in total. The molecule has 2 aromatic rings. The summed E-state index contributed by atoms with van der Waals surface area (Å²) in [7, 11) is 0. The Kier molecular flexibility index (Phi) is 10.4. The van der Waals surface area contributed by atoms with Crippen molar-refractivity contribution < 1.29 is 4.79 Å². The van der Waals surface area contributed by atoms with Crippen molar-refractivity contribution >= 4 is 41.7 Å². The van der Waals surface area contributed by atoms with Gasteiger partial charge in [-0.05, 0) is 44.0 Å². The molecule has 7 heteroatoms. The number of hydrogen-bond donors (Lipinski definition) is 3. The topological polar surface area (TPSA) is 78.4 Å². The monoisotopic (exact) mass is 481 g/mol. The van der Waals surface area contributed by atoms with Crippen LogP contribution in [0.25, 0.3) is 0 Å². The second kappa shape index (κ2) is 12.3. The van der Waals surface area contributed by atoms with Crippen LogP contribution in [0.15, 0.2) is 47.5 Å². The highest BCUT2D eigenvalue weighted by Crippen LogP contribution is 2.08. The van der Waals surface area contributed by atoms with Crippen molar-refractivity contribution in [3.63, 3.8) is 0 Å². The molecule has 2 rings (SSSR count). The number of nitrogens with one attached hydrogen (secondary N) is 3. The first kappa shape index (κ1) is 22.9. The van der Waals surface area contributed by atoms with Gasteiger partial charge in [-0.25, -0.2) is 9.98 Å². The molecule has 0 saturated heterocycles. The molecule has 1 aromatic heterocycles. The normalized spacial score (nSPS) is 10.7. The summed E-state index contributed by atoms with van der Waals surface area (Å²) in [6, 6.07) is 13.7. The summed E-state index contributed by atoms with van der Waals surface area (Å²) < 4.78 is 0. The van der Waals surface area contributed by atoms with Crippen LogP contribution < -0.4 is 16.0 Å². The Bertz CT molecular complexity index is 764. The van der Waals surface area contributed by atoms with Crippen molar-refractivity contribution in [2.45, 2.75) is 33.7 Å². The number of aliphatic imine (C=N–C) groups is 1. The van der Waals surface area contributed by atoms with Crippen molar-refractivity contribution in [2.24, 2.45) is 4.99 Å². The van der Waals surface area contributed by atoms with Crippen LogP contribution in [0.5, 0.6) is 0 Å². The van der Waals surface area contributed by atoms with Gasteiger partial charge in [0.15, 0.2) is 5.96 Å². The molecule has 0 radical (unpaired) electrons. The summed E-state index contributed by atoms with van der Waals surface area (Å²) in [5.41, 5.74) is 3.28. The highest BCUT2D eigenvalue weighted by atomic mass is 127. The zero-order valence-corrected chi connectivity index (χ0v) is 18.4. The second-order valence-electron chi connectivity index (χ2n) is 6.01. The minimum absolute atomic E-state index is 0. The largest absolute Gasteiger partial charge is 0.357 e. The van der Waals surface area contributed by atoms with Gasteiger partial charge in [0.1, 0.15) is 5.82 Å². The fourth-order valence-electron chi connectivity index (χ4n) is 2.41. The predicted octanol–water partition coefficient (Wildman–Crippen LogP) is 3.40. The number of hydrogen-bond acceptors (Lipinski definition) is 3. The fraction of sp³-hybridized carbons (Fsp3) is 0.350. The van der Waals surface area contributed by atoms with Crippen LogP contribution in [-0.4, -0.2) is 29.9 Å². The maximum atomic E-state index is 12.0. The molecule has 0 spiro atoms. The van der Waals surface area contributed by atoms with E-state index in [0.717, 1.165) is 12.2 Å². The molecule has 1 heterocycles. The number of rotatable bonds is 7. The van der Waals surface area contributed by atoms with Crippen LogP contribution >= 0.6 is 24.0 Å². The maximum absolute atomic E-state index is 12.0. The number of aryl methyl sites for hydroxylation is 2. The molecule has 0 fully saturated rings. The van der Waals surface area contributed by atoms with Crippen molar-refractivity contribution in [2.75, 3.05) is 18.4 Å². The lowest BCUT2D eigenvalue weighted by Crippen LogP contribution is -2.38. The number of pyridine rings is 1. The molecule has 0 bridgehead atoms. The number of amides is 1. The first-order valence-electron chi connectivity index (χ1n) is 8.88. The fourth-order valence-corrected chi connectivity index (χ4v) is 2.41. The number of anilines is 1. The van der Waals surface area contributed by atoms with Gasteiger partial charge in [0.25, 0.3) is 0 Å². The van der Waals surface area contributed by atoms with E-state index in [1.165, 1.54) is 11.1 Å². The summed E-state index contributed by atoms with van der Waals surface area (Å²) in [6.07, 6.45) is 0.338. The lowest BCUT2D eigenvalue weighted by molar-refractivity contribution is -0.116. The van der Waals surface area contributed by atoms with Crippen LogP contribution in [-0.2, 0) is 11.3 Å². The second-order valence-corrected chi connectivity index (χ2v) is 6.01. The molecule has 1 amide bonds. The molecule has 146 valence electrons. The number of nitrogens with zero attached hydrogens (tertiary/aromatic N) is 2. The third-order valence-electron chi connectivity index (χ3n) is 3.81. The van der Waals surface area contributed by atoms with Gasteiger partial charge in [-0.3, -0.25) is 4.79 Å². The summed E-state index contributed by atoms with van der Waals surface area (Å²) >= 11 is 0. The average molecular weight is 481 g/mol. The number of benzene rings is 1. The molecule has 0 unspecified atom stereocenters. The minimum Gasteiger partial charge on any atom is -0.357 e. The van der Waals surface area contributed by atoms with Crippen molar-refractivity contribution in [3.8, 4) is 0 Å². The van der Waals surface area contributed by atoms with E-state index in [1.54, 1.807) is 6.07 Å². The number of carbonyl (C=O) groups excluding carboxylic acids is 1. The van der Waals surface area contributed by atoms with Gasteiger partial charge in [-0.2, -0.15) is 0 Å². The molecular formula is C20H28IN5O. The third-order valence-corrected chi connectivity index (χ3v) is 3.81. The number of guanidine groups is 1. The number of halogens is 1. The van der Waals surface area contributed by atoms with E-state index in [-0.39, 0.29) is 29.9 Å². The first-order valence-corrected chi connectivity index (χ1v) is 8.88. The molecule has 1 aromatic carbocycles. The van der Waals surface area contributed by atoms with Gasteiger partial charge in [0, 0.05) is 25.2 Å². The minimum atomic E-state index is -0.0784. The Morgan fingerprint density at radius 3 is 2.56 bits per heavy atom. The SMILES string of the molecule is CCNC(=NCc1ccccc1C)NCCC(=O)Nc1cccc(C)n1.I. The van der Waals surface area contributed by atoms with E-state index in [4.69, 9.17) is 0 Å². The lowest BCUT2D eigenvalue weighted by Gasteiger charge is -2.12. The Balaban J connectivity index is 0.00000364. The van der Waals surface area contributed by atoms with Crippen LogP contribution in [0.4, 0.5) is 5.82 Å². The summed E-state index contributed by atoms with van der Waals surface area (Å²) in [5, 5.41) is 9.20. The van der Waals surface area contributed by atoms with E-state index >= 15 is 0 Å². The summed E-state index contributed by atoms with van der Waals surface area (Å²) in [5.74, 6) is 1.21. The standard InChI is InChI=1S/C20H27N5O.HI/c1-4-21-20(23-14-17-10-6-5-8-15(17)2)22-13-12-19(26)25-18-11-7-9-16(3)24-18;/h5-11H,4,12-14H2,1-3H3,(H2,21,22,23)(H,24,25,26);1H. The van der Waals surface area contributed by atoms with Gasteiger partial charge in [-0.1, -0.05) is 30.3 Å². The smallest absolute Gasteiger partial charge is 0.227 e. The van der Waals surface area contributed by atoms with E-state index in [2.05, 4.69) is 45.0 Å². The van der Waals surface area contributed by atoms with E-state index < -0.39 is 0 Å². The van der Waals surface area contributed by atoms with Gasteiger partial charge in [0.05, 0.1) is 6.54 Å². The lowest BCUT2D eigenvalue weighted by atomic mass is 10.1. The Labute approximate surface area is 178 Å². The van der Waals surface area contributed by atoms with Gasteiger partial charge >= 0.3 is 0 Å². The van der Waals surface area contributed by atoms with Crippen LogP contribution in [0.3, 0.4) is 0 Å². The molecule has 0 saturated carbocycles. The average Bonchev–Trinajstić information content (AvgIpc) is 2.61. The number of carbonyl (C=O) groups is 1. The van der Waals surface area contributed by atoms with Crippen LogP contribution in [0.2, 0.25) is 0 Å². The number of aromatic nitrogens is 1. The maximum Gasteiger partial charge on any atom is 0.227 e. The Hall–Kier alpha value is -2.16. The summed E-state index contributed by atoms with van der Waals surface area (Å²) in [4.78, 5) is 20.9. The highest BCUT2D eigenvalue weighted by Gasteiger charge is 2.05. The molecular weight excluding hydrogens is 453 g/mol. The van der Waals surface area contributed by atoms with Crippen LogP contribution in [0, 0.1) is 13.8 Å². The zero-order valence-electron chi connectivity index (χ0n) is 16.1. The van der Waals surface area contributed by atoms with Crippen LogP contribution in [0.1, 0.15) is 30.2 Å². The molecule has 0 atom stereocenters. The first-order chi connectivity index (χ1) is 12.6. The highest BCUT2D eigenvalue weighted by molar-refractivity contribution is 14.0. The van der Waals surface area contributed by atoms with Gasteiger partial charge in [0.2, 0.25) is 5.91 Å².